The summed E-state index contributed by atoms with van der Waals surface area (Å²) in [5.74, 6) is 8.15. The molecule has 0 bridgehead atoms. The van der Waals surface area contributed by atoms with E-state index in [4.69, 9.17) is 0 Å². The summed E-state index contributed by atoms with van der Waals surface area (Å²) in [5.41, 5.74) is 0. The van der Waals surface area contributed by atoms with Gasteiger partial charge in [0.1, 0.15) is 0 Å². The Morgan fingerprint density at radius 2 is 1.67 bits per heavy atom. The van der Waals surface area contributed by atoms with Crippen LogP contribution in [0.15, 0.2) is 0 Å². The second kappa shape index (κ2) is 3.49. The molecule has 0 amide bonds. The van der Waals surface area contributed by atoms with E-state index in [1.807, 2.05) is 0 Å². The SMILES string of the molecule is C[C@@H]1CCC(C#CC2CC2)CN1. The molecule has 1 nitrogen and oxygen atoms in total. The first kappa shape index (κ1) is 8.13. The third-order valence-electron chi connectivity index (χ3n) is 2.73. The molecule has 1 heterocycles. The van der Waals surface area contributed by atoms with Crippen LogP contribution in [-0.2, 0) is 0 Å². The van der Waals surface area contributed by atoms with Crippen LogP contribution in [0.5, 0.6) is 0 Å². The van der Waals surface area contributed by atoms with Gasteiger partial charge in [-0.2, -0.15) is 0 Å². The quantitative estimate of drug-likeness (QED) is 0.537. The van der Waals surface area contributed by atoms with Crippen LogP contribution in [0.25, 0.3) is 0 Å². The van der Waals surface area contributed by atoms with Crippen molar-refractivity contribution in [3.8, 4) is 11.8 Å². The van der Waals surface area contributed by atoms with Gasteiger partial charge in [-0.25, -0.2) is 0 Å². The van der Waals surface area contributed by atoms with Crippen molar-refractivity contribution in [2.24, 2.45) is 11.8 Å². The Labute approximate surface area is 74.9 Å². The summed E-state index contributed by atoms with van der Waals surface area (Å²) in [7, 11) is 0. The molecule has 1 heteroatoms. The molecule has 1 aliphatic heterocycles. The van der Waals surface area contributed by atoms with Crippen LogP contribution in [0, 0.1) is 23.7 Å². The minimum Gasteiger partial charge on any atom is -0.313 e. The van der Waals surface area contributed by atoms with E-state index in [9.17, 15) is 0 Å². The zero-order valence-corrected chi connectivity index (χ0v) is 7.77. The largest absolute Gasteiger partial charge is 0.313 e. The molecule has 12 heavy (non-hydrogen) atoms. The Balaban J connectivity index is 1.78. The standard InChI is InChI=1S/C11H17N/c1-9-2-3-11(8-12-9)7-6-10-4-5-10/h9-12H,2-5,8H2,1H3/t9-,11?/m1/s1. The molecule has 1 saturated carbocycles. The maximum Gasteiger partial charge on any atom is 0.0328 e. The van der Waals surface area contributed by atoms with Gasteiger partial charge in [-0.05, 0) is 32.6 Å². The van der Waals surface area contributed by atoms with Crippen LogP contribution in [0.4, 0.5) is 0 Å². The summed E-state index contributed by atoms with van der Waals surface area (Å²) in [5, 5.41) is 3.47. The molecule has 2 aliphatic rings. The predicted molar refractivity (Wildman–Crippen MR) is 50.7 cm³/mol. The Morgan fingerprint density at radius 3 is 2.25 bits per heavy atom. The number of piperidine rings is 1. The first-order valence-corrected chi connectivity index (χ1v) is 5.09. The van der Waals surface area contributed by atoms with Crippen molar-refractivity contribution in [2.45, 2.75) is 38.6 Å². The van der Waals surface area contributed by atoms with Crippen molar-refractivity contribution in [3.05, 3.63) is 0 Å². The van der Waals surface area contributed by atoms with Crippen molar-refractivity contribution in [1.82, 2.24) is 5.32 Å². The normalized spacial score (nSPS) is 35.4. The molecule has 0 aromatic heterocycles. The molecule has 66 valence electrons. The van der Waals surface area contributed by atoms with E-state index < -0.39 is 0 Å². The van der Waals surface area contributed by atoms with Crippen LogP contribution in [-0.4, -0.2) is 12.6 Å². The molecule has 2 rings (SSSR count). The van der Waals surface area contributed by atoms with Gasteiger partial charge in [-0.1, -0.05) is 11.8 Å². The lowest BCUT2D eigenvalue weighted by atomic mass is 9.96. The summed E-state index contributed by atoms with van der Waals surface area (Å²) in [6.07, 6.45) is 5.30. The van der Waals surface area contributed by atoms with E-state index in [0.29, 0.717) is 12.0 Å². The highest BCUT2D eigenvalue weighted by Crippen LogP contribution is 2.27. The van der Waals surface area contributed by atoms with Crippen molar-refractivity contribution in [3.63, 3.8) is 0 Å². The van der Waals surface area contributed by atoms with Gasteiger partial charge in [0.15, 0.2) is 0 Å². The van der Waals surface area contributed by atoms with Crippen molar-refractivity contribution in [2.75, 3.05) is 6.54 Å². The molecule has 1 unspecified atom stereocenters. The Morgan fingerprint density at radius 1 is 1.00 bits per heavy atom. The van der Waals surface area contributed by atoms with E-state index in [1.165, 1.54) is 25.7 Å². The maximum atomic E-state index is 3.47. The zero-order valence-electron chi connectivity index (χ0n) is 7.77. The lowest BCUT2D eigenvalue weighted by molar-refractivity contribution is 0.374. The Bertz CT molecular complexity index is 199. The number of hydrogen-bond donors (Lipinski definition) is 1. The van der Waals surface area contributed by atoms with E-state index >= 15 is 0 Å². The number of nitrogens with one attached hydrogen (secondary N) is 1. The van der Waals surface area contributed by atoms with Gasteiger partial charge in [0.2, 0.25) is 0 Å². The van der Waals surface area contributed by atoms with Crippen LogP contribution >= 0.6 is 0 Å². The van der Waals surface area contributed by atoms with Gasteiger partial charge in [0.25, 0.3) is 0 Å². The molecule has 0 spiro atoms. The smallest absolute Gasteiger partial charge is 0.0328 e. The predicted octanol–water partition coefficient (Wildman–Crippen LogP) is 1.79. The summed E-state index contributed by atoms with van der Waals surface area (Å²) < 4.78 is 0. The minimum absolute atomic E-state index is 0.641. The van der Waals surface area contributed by atoms with Crippen molar-refractivity contribution in [1.29, 1.82) is 0 Å². The summed E-state index contributed by atoms with van der Waals surface area (Å²) in [4.78, 5) is 0. The topological polar surface area (TPSA) is 12.0 Å². The molecular weight excluding hydrogens is 146 g/mol. The molecule has 0 aromatic carbocycles. The highest BCUT2D eigenvalue weighted by molar-refractivity contribution is 5.12. The highest BCUT2D eigenvalue weighted by Gasteiger charge is 2.19. The second-order valence-electron chi connectivity index (χ2n) is 4.15. The summed E-state index contributed by atoms with van der Waals surface area (Å²) in [6.45, 7) is 3.37. The molecular formula is C11H17N. The monoisotopic (exact) mass is 163 g/mol. The average molecular weight is 163 g/mol. The molecule has 2 atom stereocenters. The Hall–Kier alpha value is -0.480. The first-order valence-electron chi connectivity index (χ1n) is 5.09. The van der Waals surface area contributed by atoms with Gasteiger partial charge in [0, 0.05) is 24.4 Å². The fraction of sp³-hybridized carbons (Fsp3) is 0.818. The van der Waals surface area contributed by atoms with E-state index in [2.05, 4.69) is 24.1 Å². The Kier molecular flexibility index (Phi) is 2.37. The van der Waals surface area contributed by atoms with E-state index in [1.54, 1.807) is 0 Å². The van der Waals surface area contributed by atoms with Crippen LogP contribution in [0.1, 0.15) is 32.6 Å². The van der Waals surface area contributed by atoms with E-state index in [0.717, 1.165) is 12.5 Å². The third kappa shape index (κ3) is 2.25. The van der Waals surface area contributed by atoms with Crippen molar-refractivity contribution < 1.29 is 0 Å². The molecule has 1 aliphatic carbocycles. The lowest BCUT2D eigenvalue weighted by Crippen LogP contribution is -2.36. The first-order chi connectivity index (χ1) is 5.84. The maximum absolute atomic E-state index is 3.47. The van der Waals surface area contributed by atoms with Crippen LogP contribution < -0.4 is 5.32 Å². The molecule has 1 N–H and O–H groups in total. The van der Waals surface area contributed by atoms with Gasteiger partial charge in [0.05, 0.1) is 0 Å². The lowest BCUT2D eigenvalue weighted by Gasteiger charge is -2.23. The van der Waals surface area contributed by atoms with E-state index in [-0.39, 0.29) is 0 Å². The second-order valence-corrected chi connectivity index (χ2v) is 4.15. The third-order valence-corrected chi connectivity index (χ3v) is 2.73. The van der Waals surface area contributed by atoms with Gasteiger partial charge >= 0.3 is 0 Å². The van der Waals surface area contributed by atoms with Gasteiger partial charge < -0.3 is 5.32 Å². The van der Waals surface area contributed by atoms with Gasteiger partial charge in [-0.3, -0.25) is 0 Å². The van der Waals surface area contributed by atoms with Crippen LogP contribution in [0.2, 0.25) is 0 Å². The number of rotatable bonds is 0. The molecule has 1 saturated heterocycles. The zero-order chi connectivity index (χ0) is 8.39. The molecule has 0 radical (unpaired) electrons. The molecule has 2 fully saturated rings. The fourth-order valence-electron chi connectivity index (χ4n) is 1.59. The van der Waals surface area contributed by atoms with Crippen molar-refractivity contribution >= 4 is 0 Å². The summed E-state index contributed by atoms with van der Waals surface area (Å²) in [6, 6.07) is 0.712. The number of hydrogen-bond acceptors (Lipinski definition) is 1. The molecule has 0 aromatic rings. The average Bonchev–Trinajstić information content (AvgIpc) is 2.87. The highest BCUT2D eigenvalue weighted by atomic mass is 14.9. The summed E-state index contributed by atoms with van der Waals surface area (Å²) >= 11 is 0. The fourth-order valence-corrected chi connectivity index (χ4v) is 1.59. The van der Waals surface area contributed by atoms with Crippen LogP contribution in [0.3, 0.4) is 0 Å². The van der Waals surface area contributed by atoms with Gasteiger partial charge in [-0.15, -0.1) is 0 Å². The minimum atomic E-state index is 0.641.